The molecule has 4 heteroatoms. The number of rotatable bonds is 5. The predicted octanol–water partition coefficient (Wildman–Crippen LogP) is 2.29. The SMILES string of the molecule is Cc1cccc(NC(=O)[C@@H](N)CCc2ccccc2)n1. The van der Waals surface area contributed by atoms with Crippen LogP contribution in [0.3, 0.4) is 0 Å². The van der Waals surface area contributed by atoms with Gasteiger partial charge < -0.3 is 11.1 Å². The van der Waals surface area contributed by atoms with Crippen LogP contribution in [0.15, 0.2) is 48.5 Å². The molecule has 0 saturated heterocycles. The first kappa shape index (κ1) is 14.2. The number of carbonyl (C=O) groups excluding carboxylic acids is 1. The number of amides is 1. The van der Waals surface area contributed by atoms with Crippen molar-refractivity contribution in [3.05, 3.63) is 59.8 Å². The van der Waals surface area contributed by atoms with Crippen LogP contribution < -0.4 is 11.1 Å². The molecule has 1 aromatic carbocycles. The highest BCUT2D eigenvalue weighted by molar-refractivity contribution is 5.93. The van der Waals surface area contributed by atoms with Crippen LogP contribution in [0.4, 0.5) is 5.82 Å². The number of aromatic nitrogens is 1. The summed E-state index contributed by atoms with van der Waals surface area (Å²) in [6.07, 6.45) is 1.40. The van der Waals surface area contributed by atoms with Crippen molar-refractivity contribution in [2.75, 3.05) is 5.32 Å². The van der Waals surface area contributed by atoms with Crippen molar-refractivity contribution in [2.24, 2.45) is 5.73 Å². The molecule has 0 aliphatic heterocycles. The molecule has 0 unspecified atom stereocenters. The lowest BCUT2D eigenvalue weighted by molar-refractivity contribution is -0.117. The van der Waals surface area contributed by atoms with E-state index in [1.165, 1.54) is 5.56 Å². The summed E-state index contributed by atoms with van der Waals surface area (Å²) in [4.78, 5) is 16.2. The van der Waals surface area contributed by atoms with Crippen LogP contribution >= 0.6 is 0 Å². The zero-order valence-corrected chi connectivity index (χ0v) is 11.5. The Kier molecular flexibility index (Phi) is 4.85. The quantitative estimate of drug-likeness (QED) is 0.875. The highest BCUT2D eigenvalue weighted by atomic mass is 16.2. The molecule has 20 heavy (non-hydrogen) atoms. The second-order valence-electron chi connectivity index (χ2n) is 4.78. The van der Waals surface area contributed by atoms with E-state index in [-0.39, 0.29) is 5.91 Å². The molecule has 1 amide bonds. The smallest absolute Gasteiger partial charge is 0.242 e. The van der Waals surface area contributed by atoms with E-state index >= 15 is 0 Å². The molecule has 0 bridgehead atoms. The van der Waals surface area contributed by atoms with Crippen LogP contribution in [-0.4, -0.2) is 16.9 Å². The van der Waals surface area contributed by atoms with Crippen LogP contribution in [0.2, 0.25) is 0 Å². The maximum Gasteiger partial charge on any atom is 0.242 e. The zero-order valence-electron chi connectivity index (χ0n) is 11.5. The Morgan fingerprint density at radius 3 is 2.65 bits per heavy atom. The monoisotopic (exact) mass is 269 g/mol. The van der Waals surface area contributed by atoms with Crippen molar-refractivity contribution in [3.8, 4) is 0 Å². The molecular formula is C16H19N3O. The summed E-state index contributed by atoms with van der Waals surface area (Å²) < 4.78 is 0. The second-order valence-corrected chi connectivity index (χ2v) is 4.78. The summed E-state index contributed by atoms with van der Waals surface area (Å²) in [6, 6.07) is 15.0. The van der Waals surface area contributed by atoms with Crippen molar-refractivity contribution in [3.63, 3.8) is 0 Å². The van der Waals surface area contributed by atoms with E-state index in [0.717, 1.165) is 12.1 Å². The summed E-state index contributed by atoms with van der Waals surface area (Å²) in [6.45, 7) is 1.88. The van der Waals surface area contributed by atoms with Gasteiger partial charge in [0.2, 0.25) is 5.91 Å². The normalized spacial score (nSPS) is 11.9. The van der Waals surface area contributed by atoms with Gasteiger partial charge in [0.05, 0.1) is 6.04 Å². The van der Waals surface area contributed by atoms with Crippen molar-refractivity contribution in [1.29, 1.82) is 0 Å². The van der Waals surface area contributed by atoms with Crippen molar-refractivity contribution < 1.29 is 4.79 Å². The van der Waals surface area contributed by atoms with Gasteiger partial charge in [-0.3, -0.25) is 4.79 Å². The lowest BCUT2D eigenvalue weighted by Gasteiger charge is -2.12. The second kappa shape index (κ2) is 6.82. The summed E-state index contributed by atoms with van der Waals surface area (Å²) in [7, 11) is 0. The number of hydrogen-bond donors (Lipinski definition) is 2. The van der Waals surface area contributed by atoms with Crippen LogP contribution in [0.1, 0.15) is 17.7 Å². The van der Waals surface area contributed by atoms with E-state index in [1.54, 1.807) is 6.07 Å². The first-order valence-corrected chi connectivity index (χ1v) is 6.69. The molecule has 3 N–H and O–H groups in total. The third-order valence-corrected chi connectivity index (χ3v) is 3.06. The molecule has 0 fully saturated rings. The minimum absolute atomic E-state index is 0.195. The molecule has 2 aromatic rings. The van der Waals surface area contributed by atoms with Crippen molar-refractivity contribution >= 4 is 11.7 Å². The summed E-state index contributed by atoms with van der Waals surface area (Å²) in [5.41, 5.74) is 7.96. The Hall–Kier alpha value is -2.20. The number of hydrogen-bond acceptors (Lipinski definition) is 3. The number of nitrogens with one attached hydrogen (secondary N) is 1. The molecule has 0 spiro atoms. The van der Waals surface area contributed by atoms with Crippen LogP contribution in [-0.2, 0) is 11.2 Å². The molecule has 4 nitrogen and oxygen atoms in total. The predicted molar refractivity (Wildman–Crippen MR) is 80.3 cm³/mol. The third-order valence-electron chi connectivity index (χ3n) is 3.06. The van der Waals surface area contributed by atoms with Gasteiger partial charge in [-0.05, 0) is 37.5 Å². The Bertz CT molecular complexity index is 569. The third kappa shape index (κ3) is 4.17. The van der Waals surface area contributed by atoms with E-state index in [2.05, 4.69) is 10.3 Å². The van der Waals surface area contributed by atoms with Gasteiger partial charge in [-0.2, -0.15) is 0 Å². The molecular weight excluding hydrogens is 250 g/mol. The summed E-state index contributed by atoms with van der Waals surface area (Å²) in [5, 5.41) is 2.74. The van der Waals surface area contributed by atoms with E-state index in [4.69, 9.17) is 5.73 Å². The van der Waals surface area contributed by atoms with Gasteiger partial charge >= 0.3 is 0 Å². The minimum atomic E-state index is -0.530. The Labute approximate surface area is 119 Å². The zero-order chi connectivity index (χ0) is 14.4. The molecule has 1 aromatic heterocycles. The molecule has 2 rings (SSSR count). The van der Waals surface area contributed by atoms with Crippen molar-refractivity contribution in [1.82, 2.24) is 4.98 Å². The largest absolute Gasteiger partial charge is 0.320 e. The summed E-state index contributed by atoms with van der Waals surface area (Å²) in [5.74, 6) is 0.351. The highest BCUT2D eigenvalue weighted by Crippen LogP contribution is 2.07. The number of nitrogens with two attached hydrogens (primary N) is 1. The first-order valence-electron chi connectivity index (χ1n) is 6.69. The van der Waals surface area contributed by atoms with Gasteiger partial charge in [0.25, 0.3) is 0 Å². The van der Waals surface area contributed by atoms with Crippen molar-refractivity contribution in [2.45, 2.75) is 25.8 Å². The fraction of sp³-hybridized carbons (Fsp3) is 0.250. The van der Waals surface area contributed by atoms with Crippen LogP contribution in [0.25, 0.3) is 0 Å². The standard InChI is InChI=1S/C16H19N3O/c1-12-6-5-9-15(18-12)19-16(20)14(17)11-10-13-7-3-2-4-8-13/h2-9,14H,10-11,17H2,1H3,(H,18,19,20)/t14-/m0/s1. The Balaban J connectivity index is 1.86. The Morgan fingerprint density at radius 2 is 1.95 bits per heavy atom. The molecule has 0 aliphatic rings. The fourth-order valence-electron chi connectivity index (χ4n) is 1.93. The molecule has 1 heterocycles. The highest BCUT2D eigenvalue weighted by Gasteiger charge is 2.13. The first-order chi connectivity index (χ1) is 9.65. The fourth-order valence-corrected chi connectivity index (χ4v) is 1.93. The summed E-state index contributed by atoms with van der Waals surface area (Å²) >= 11 is 0. The lowest BCUT2D eigenvalue weighted by atomic mass is 10.1. The van der Waals surface area contributed by atoms with Gasteiger partial charge in [-0.25, -0.2) is 4.98 Å². The van der Waals surface area contributed by atoms with E-state index in [9.17, 15) is 4.79 Å². The average Bonchev–Trinajstić information content (AvgIpc) is 2.46. The number of nitrogens with zero attached hydrogens (tertiary/aromatic N) is 1. The lowest BCUT2D eigenvalue weighted by Crippen LogP contribution is -2.36. The van der Waals surface area contributed by atoms with Gasteiger partial charge in [-0.15, -0.1) is 0 Å². The van der Waals surface area contributed by atoms with Crippen LogP contribution in [0.5, 0.6) is 0 Å². The van der Waals surface area contributed by atoms with Gasteiger partial charge in [0.1, 0.15) is 5.82 Å². The van der Waals surface area contributed by atoms with E-state index < -0.39 is 6.04 Å². The molecule has 0 aliphatic carbocycles. The van der Waals surface area contributed by atoms with Gasteiger partial charge in [-0.1, -0.05) is 36.4 Å². The number of benzene rings is 1. The average molecular weight is 269 g/mol. The maximum absolute atomic E-state index is 12.0. The number of anilines is 1. The van der Waals surface area contributed by atoms with E-state index in [0.29, 0.717) is 12.2 Å². The minimum Gasteiger partial charge on any atom is -0.320 e. The van der Waals surface area contributed by atoms with Gasteiger partial charge in [0, 0.05) is 5.69 Å². The number of aryl methyl sites for hydroxylation is 2. The number of carbonyl (C=O) groups is 1. The molecule has 0 saturated carbocycles. The van der Waals surface area contributed by atoms with E-state index in [1.807, 2.05) is 49.4 Å². The van der Waals surface area contributed by atoms with Crippen LogP contribution in [0, 0.1) is 6.92 Å². The Morgan fingerprint density at radius 1 is 1.20 bits per heavy atom. The number of pyridine rings is 1. The molecule has 104 valence electrons. The molecule has 0 radical (unpaired) electrons. The molecule has 1 atom stereocenters. The maximum atomic E-state index is 12.0. The van der Waals surface area contributed by atoms with Gasteiger partial charge in [0.15, 0.2) is 0 Å². The topological polar surface area (TPSA) is 68.0 Å².